The van der Waals surface area contributed by atoms with E-state index in [0.29, 0.717) is 24.8 Å². The lowest BCUT2D eigenvalue weighted by molar-refractivity contribution is -0.135. The van der Waals surface area contributed by atoms with Crippen LogP contribution in [0, 0.1) is 11.8 Å². The molecule has 2 rings (SSSR count). The molecule has 0 spiro atoms. The maximum absolute atomic E-state index is 12.7. The fourth-order valence-electron chi connectivity index (χ4n) is 4.16. The highest BCUT2D eigenvalue weighted by Crippen LogP contribution is 2.30. The first-order valence-corrected chi connectivity index (χ1v) is 9.87. The number of hydrogen-bond acceptors (Lipinski definition) is 3. The Morgan fingerprint density at radius 3 is 2.40 bits per heavy atom. The number of carbonyl (C=O) groups excluding carboxylic acids is 2. The summed E-state index contributed by atoms with van der Waals surface area (Å²) in [5.74, 6) is 1.07. The maximum Gasteiger partial charge on any atom is 0.245 e. The van der Waals surface area contributed by atoms with E-state index >= 15 is 0 Å². The molecule has 2 amide bonds. The molecule has 1 unspecified atom stereocenters. The van der Waals surface area contributed by atoms with Gasteiger partial charge in [-0.15, -0.1) is 12.4 Å². The van der Waals surface area contributed by atoms with Crippen molar-refractivity contribution in [2.24, 2.45) is 11.8 Å². The number of halogens is 1. The smallest absolute Gasteiger partial charge is 0.245 e. The van der Waals surface area contributed by atoms with Crippen LogP contribution in [0.2, 0.25) is 0 Å². The largest absolute Gasteiger partial charge is 0.354 e. The van der Waals surface area contributed by atoms with E-state index < -0.39 is 5.54 Å². The second-order valence-corrected chi connectivity index (χ2v) is 7.72. The predicted molar refractivity (Wildman–Crippen MR) is 104 cm³/mol. The molecule has 2 fully saturated rings. The molecule has 25 heavy (non-hydrogen) atoms. The summed E-state index contributed by atoms with van der Waals surface area (Å²) in [4.78, 5) is 25.3. The minimum atomic E-state index is -0.668. The first-order valence-electron chi connectivity index (χ1n) is 9.87. The Labute approximate surface area is 158 Å². The van der Waals surface area contributed by atoms with Gasteiger partial charge < -0.3 is 16.0 Å². The number of nitrogens with one attached hydrogen (secondary N) is 3. The van der Waals surface area contributed by atoms with Gasteiger partial charge in [-0.1, -0.05) is 33.1 Å². The van der Waals surface area contributed by atoms with Gasteiger partial charge in [0, 0.05) is 13.0 Å². The minimum Gasteiger partial charge on any atom is -0.354 e. The molecule has 5 nitrogen and oxygen atoms in total. The summed E-state index contributed by atoms with van der Waals surface area (Å²) >= 11 is 0. The van der Waals surface area contributed by atoms with Crippen molar-refractivity contribution < 1.29 is 9.59 Å². The first kappa shape index (κ1) is 22.2. The van der Waals surface area contributed by atoms with Crippen LogP contribution in [0.25, 0.3) is 0 Å². The lowest BCUT2D eigenvalue weighted by Gasteiger charge is -2.37. The number of rotatable bonds is 7. The van der Waals surface area contributed by atoms with Gasteiger partial charge in [0.15, 0.2) is 0 Å². The van der Waals surface area contributed by atoms with Gasteiger partial charge in [-0.3, -0.25) is 9.59 Å². The van der Waals surface area contributed by atoms with Crippen LogP contribution < -0.4 is 16.0 Å². The van der Waals surface area contributed by atoms with Crippen molar-refractivity contribution in [3.63, 3.8) is 0 Å². The van der Waals surface area contributed by atoms with Gasteiger partial charge >= 0.3 is 0 Å². The molecule has 0 aromatic heterocycles. The topological polar surface area (TPSA) is 70.2 Å². The monoisotopic (exact) mass is 373 g/mol. The standard InChI is InChI=1S/C19H35N3O2.ClH/c1-3-11-21-18(24)19(9-5-4-6-10-19)22-17(23)14-15(2)16-7-12-20-13-8-16;/h15-16,20H,3-14H2,1-2H3,(H,21,24)(H,22,23);1H. The van der Waals surface area contributed by atoms with Crippen LogP contribution in [0.4, 0.5) is 0 Å². The van der Waals surface area contributed by atoms with Crippen LogP contribution in [0.1, 0.15) is 71.6 Å². The zero-order chi connectivity index (χ0) is 17.4. The van der Waals surface area contributed by atoms with Gasteiger partial charge in [-0.2, -0.15) is 0 Å². The highest BCUT2D eigenvalue weighted by molar-refractivity contribution is 5.91. The molecule has 1 aliphatic heterocycles. The zero-order valence-electron chi connectivity index (χ0n) is 15.9. The summed E-state index contributed by atoms with van der Waals surface area (Å²) in [6.07, 6.45) is 8.49. The Bertz CT molecular complexity index is 419. The van der Waals surface area contributed by atoms with Gasteiger partial charge in [0.1, 0.15) is 5.54 Å². The first-order chi connectivity index (χ1) is 11.6. The Balaban J connectivity index is 0.00000312. The molecule has 3 N–H and O–H groups in total. The van der Waals surface area contributed by atoms with Crippen molar-refractivity contribution in [1.29, 1.82) is 0 Å². The van der Waals surface area contributed by atoms with E-state index in [1.165, 1.54) is 0 Å². The van der Waals surface area contributed by atoms with E-state index in [2.05, 4.69) is 22.9 Å². The molecule has 1 saturated heterocycles. The molecule has 2 aliphatic rings. The van der Waals surface area contributed by atoms with Crippen LogP contribution in [0.15, 0.2) is 0 Å². The Morgan fingerprint density at radius 2 is 1.80 bits per heavy atom. The van der Waals surface area contributed by atoms with Gasteiger partial charge in [0.2, 0.25) is 11.8 Å². The Morgan fingerprint density at radius 1 is 1.16 bits per heavy atom. The fraction of sp³-hybridized carbons (Fsp3) is 0.895. The van der Waals surface area contributed by atoms with Gasteiger partial charge in [-0.25, -0.2) is 0 Å². The summed E-state index contributed by atoms with van der Waals surface area (Å²) < 4.78 is 0. The Hall–Kier alpha value is -0.810. The average Bonchev–Trinajstić information content (AvgIpc) is 2.61. The van der Waals surface area contributed by atoms with Gasteiger partial charge in [-0.05, 0) is 57.0 Å². The van der Waals surface area contributed by atoms with Gasteiger partial charge in [0.25, 0.3) is 0 Å². The lowest BCUT2D eigenvalue weighted by atomic mass is 9.79. The second kappa shape index (κ2) is 11.0. The second-order valence-electron chi connectivity index (χ2n) is 7.72. The molecule has 6 heteroatoms. The molecule has 1 aliphatic carbocycles. The molecule has 1 heterocycles. The number of carbonyl (C=O) groups is 2. The third-order valence-corrected chi connectivity index (χ3v) is 5.75. The summed E-state index contributed by atoms with van der Waals surface area (Å²) in [6.45, 7) is 7.02. The number of piperidine rings is 1. The molecule has 0 aromatic rings. The normalized spacial score (nSPS) is 21.7. The highest BCUT2D eigenvalue weighted by Gasteiger charge is 2.40. The van der Waals surface area contributed by atoms with Gasteiger partial charge in [0.05, 0.1) is 0 Å². The van der Waals surface area contributed by atoms with Crippen molar-refractivity contribution in [2.75, 3.05) is 19.6 Å². The summed E-state index contributed by atoms with van der Waals surface area (Å²) in [6, 6.07) is 0. The molecule has 0 radical (unpaired) electrons. The average molecular weight is 374 g/mol. The Kier molecular flexibility index (Phi) is 9.80. The van der Waals surface area contributed by atoms with E-state index in [-0.39, 0.29) is 24.2 Å². The quantitative estimate of drug-likeness (QED) is 0.642. The zero-order valence-corrected chi connectivity index (χ0v) is 16.7. The van der Waals surface area contributed by atoms with E-state index in [9.17, 15) is 9.59 Å². The third kappa shape index (κ3) is 6.45. The SMILES string of the molecule is CCCNC(=O)C1(NC(=O)CC(C)C2CCNCC2)CCCCC1.Cl. The molecular weight excluding hydrogens is 338 g/mol. The maximum atomic E-state index is 12.7. The van der Waals surface area contributed by atoms with Crippen molar-refractivity contribution in [2.45, 2.75) is 77.2 Å². The van der Waals surface area contributed by atoms with E-state index in [4.69, 9.17) is 0 Å². The van der Waals surface area contributed by atoms with Crippen LogP contribution in [0.5, 0.6) is 0 Å². The van der Waals surface area contributed by atoms with Crippen LogP contribution in [0.3, 0.4) is 0 Å². The van der Waals surface area contributed by atoms with Crippen molar-refractivity contribution in [3.8, 4) is 0 Å². The summed E-state index contributed by atoms with van der Waals surface area (Å²) in [7, 11) is 0. The predicted octanol–water partition coefficient (Wildman–Crippen LogP) is 2.78. The van der Waals surface area contributed by atoms with Crippen LogP contribution in [-0.4, -0.2) is 37.0 Å². The molecule has 1 atom stereocenters. The fourth-order valence-corrected chi connectivity index (χ4v) is 4.16. The number of hydrogen-bond donors (Lipinski definition) is 3. The van der Waals surface area contributed by atoms with Crippen molar-refractivity contribution >= 4 is 24.2 Å². The molecular formula is C19H36ClN3O2. The van der Waals surface area contributed by atoms with E-state index in [1.807, 2.05) is 6.92 Å². The lowest BCUT2D eigenvalue weighted by Crippen LogP contribution is -2.60. The molecule has 0 aromatic carbocycles. The molecule has 0 bridgehead atoms. The van der Waals surface area contributed by atoms with Crippen molar-refractivity contribution in [3.05, 3.63) is 0 Å². The number of amides is 2. The van der Waals surface area contributed by atoms with Crippen molar-refractivity contribution in [1.82, 2.24) is 16.0 Å². The minimum absolute atomic E-state index is 0. The molecule has 146 valence electrons. The van der Waals surface area contributed by atoms with E-state index in [1.54, 1.807) is 0 Å². The van der Waals surface area contributed by atoms with E-state index in [0.717, 1.165) is 64.5 Å². The molecule has 1 saturated carbocycles. The van der Waals surface area contributed by atoms with Crippen LogP contribution in [-0.2, 0) is 9.59 Å². The highest BCUT2D eigenvalue weighted by atomic mass is 35.5. The summed E-state index contributed by atoms with van der Waals surface area (Å²) in [5, 5.41) is 9.52. The third-order valence-electron chi connectivity index (χ3n) is 5.75. The van der Waals surface area contributed by atoms with Crippen LogP contribution >= 0.6 is 12.4 Å². The summed E-state index contributed by atoms with van der Waals surface area (Å²) in [5.41, 5.74) is -0.668.